The number of nitrogens with one attached hydrogen (secondary N) is 3. The van der Waals surface area contributed by atoms with E-state index >= 15 is 0 Å². The lowest BCUT2D eigenvalue weighted by atomic mass is 10.1. The van der Waals surface area contributed by atoms with Crippen LogP contribution in [-0.4, -0.2) is 44.2 Å². The van der Waals surface area contributed by atoms with Crippen molar-refractivity contribution in [3.8, 4) is 11.5 Å². The number of benzene rings is 2. The summed E-state index contributed by atoms with van der Waals surface area (Å²) in [4.78, 5) is 35.8. The second kappa shape index (κ2) is 12.0. The predicted molar refractivity (Wildman–Crippen MR) is 117 cm³/mol. The Balaban J connectivity index is 1.72. The molecule has 0 saturated carbocycles. The molecule has 0 bridgehead atoms. The van der Waals surface area contributed by atoms with Crippen LogP contribution < -0.4 is 25.5 Å². The van der Waals surface area contributed by atoms with Crippen LogP contribution >= 0.6 is 0 Å². The van der Waals surface area contributed by atoms with E-state index in [0.29, 0.717) is 30.1 Å². The molecule has 0 saturated heterocycles. The fourth-order valence-corrected chi connectivity index (χ4v) is 2.56. The van der Waals surface area contributed by atoms with Gasteiger partial charge in [0.1, 0.15) is 11.5 Å². The number of hydrogen-bond acceptors (Lipinski definition) is 6. The van der Waals surface area contributed by atoms with Crippen molar-refractivity contribution in [1.29, 1.82) is 0 Å². The number of hydrogen-bond donors (Lipinski definition) is 3. The molecule has 0 aromatic heterocycles. The molecule has 0 heterocycles. The van der Waals surface area contributed by atoms with Gasteiger partial charge in [-0.25, -0.2) is 5.43 Å². The van der Waals surface area contributed by atoms with Gasteiger partial charge >= 0.3 is 11.8 Å². The smallest absolute Gasteiger partial charge is 0.329 e. The van der Waals surface area contributed by atoms with Gasteiger partial charge in [0.25, 0.3) is 0 Å². The van der Waals surface area contributed by atoms with Crippen molar-refractivity contribution in [2.75, 3.05) is 26.1 Å². The van der Waals surface area contributed by atoms with E-state index in [2.05, 4.69) is 21.2 Å². The van der Waals surface area contributed by atoms with Gasteiger partial charge in [0.15, 0.2) is 0 Å². The van der Waals surface area contributed by atoms with Crippen molar-refractivity contribution >= 4 is 29.1 Å². The largest absolute Gasteiger partial charge is 0.497 e. The van der Waals surface area contributed by atoms with Crippen LogP contribution in [0, 0.1) is 0 Å². The fourth-order valence-electron chi connectivity index (χ4n) is 2.56. The highest BCUT2D eigenvalue weighted by atomic mass is 16.5. The first-order valence-electron chi connectivity index (χ1n) is 9.59. The number of hydrazone groups is 1. The molecule has 164 valence electrons. The van der Waals surface area contributed by atoms with E-state index in [1.54, 1.807) is 38.3 Å². The SMILES string of the molecule is COc1ccc(CCNC(=O)C/C(C)=N\NC(=O)C(=O)Nc2cccc(OC)c2)cc1. The highest BCUT2D eigenvalue weighted by molar-refractivity contribution is 6.39. The minimum Gasteiger partial charge on any atom is -0.497 e. The zero-order valence-corrected chi connectivity index (χ0v) is 17.7. The number of carbonyl (C=O) groups is 3. The van der Waals surface area contributed by atoms with Gasteiger partial charge in [-0.2, -0.15) is 5.10 Å². The second-order valence-corrected chi connectivity index (χ2v) is 6.60. The van der Waals surface area contributed by atoms with Gasteiger partial charge < -0.3 is 20.1 Å². The lowest BCUT2D eigenvalue weighted by Crippen LogP contribution is -2.33. The van der Waals surface area contributed by atoms with Crippen LogP contribution in [0.2, 0.25) is 0 Å². The minimum absolute atomic E-state index is 0.000393. The maximum atomic E-state index is 12.0. The van der Waals surface area contributed by atoms with Gasteiger partial charge in [-0.1, -0.05) is 18.2 Å². The molecular weight excluding hydrogens is 400 g/mol. The first kappa shape index (κ1) is 23.4. The average Bonchev–Trinajstić information content (AvgIpc) is 2.78. The van der Waals surface area contributed by atoms with Crippen molar-refractivity contribution in [2.45, 2.75) is 19.8 Å². The summed E-state index contributed by atoms with van der Waals surface area (Å²) in [7, 11) is 3.11. The first-order chi connectivity index (χ1) is 14.9. The molecule has 0 radical (unpaired) electrons. The van der Waals surface area contributed by atoms with Gasteiger partial charge in [0, 0.05) is 24.0 Å². The van der Waals surface area contributed by atoms with Crippen molar-refractivity contribution in [1.82, 2.24) is 10.7 Å². The number of amides is 3. The zero-order valence-electron chi connectivity index (χ0n) is 17.7. The normalized spacial score (nSPS) is 10.7. The summed E-state index contributed by atoms with van der Waals surface area (Å²) in [5, 5.41) is 9.04. The van der Waals surface area contributed by atoms with E-state index in [9.17, 15) is 14.4 Å². The van der Waals surface area contributed by atoms with Crippen molar-refractivity contribution in [3.63, 3.8) is 0 Å². The third kappa shape index (κ3) is 8.17. The summed E-state index contributed by atoms with van der Waals surface area (Å²) < 4.78 is 10.2. The lowest BCUT2D eigenvalue weighted by molar-refractivity contribution is -0.136. The molecule has 0 fully saturated rings. The third-order valence-corrected chi connectivity index (χ3v) is 4.19. The maximum Gasteiger partial charge on any atom is 0.329 e. The monoisotopic (exact) mass is 426 g/mol. The van der Waals surface area contributed by atoms with Crippen LogP contribution in [0.3, 0.4) is 0 Å². The quantitative estimate of drug-likeness (QED) is 0.321. The van der Waals surface area contributed by atoms with Crippen LogP contribution in [0.1, 0.15) is 18.9 Å². The lowest BCUT2D eigenvalue weighted by Gasteiger charge is -2.07. The summed E-state index contributed by atoms with van der Waals surface area (Å²) >= 11 is 0. The van der Waals surface area contributed by atoms with Crippen LogP contribution in [0.4, 0.5) is 5.69 Å². The van der Waals surface area contributed by atoms with E-state index in [1.165, 1.54) is 7.11 Å². The van der Waals surface area contributed by atoms with E-state index in [-0.39, 0.29) is 12.3 Å². The summed E-state index contributed by atoms with van der Waals surface area (Å²) in [6, 6.07) is 14.2. The van der Waals surface area contributed by atoms with E-state index in [4.69, 9.17) is 9.47 Å². The van der Waals surface area contributed by atoms with Crippen molar-refractivity contribution < 1.29 is 23.9 Å². The molecule has 9 nitrogen and oxygen atoms in total. The topological polar surface area (TPSA) is 118 Å². The summed E-state index contributed by atoms with van der Waals surface area (Å²) in [5.74, 6) is -0.732. The van der Waals surface area contributed by atoms with Gasteiger partial charge in [-0.05, 0) is 43.2 Å². The molecule has 0 unspecified atom stereocenters. The zero-order chi connectivity index (χ0) is 22.6. The Morgan fingerprint density at radius 2 is 1.65 bits per heavy atom. The van der Waals surface area contributed by atoms with Crippen molar-refractivity contribution in [3.05, 3.63) is 54.1 Å². The fraction of sp³-hybridized carbons (Fsp3) is 0.273. The Labute approximate surface area is 180 Å². The van der Waals surface area contributed by atoms with Gasteiger partial charge in [-0.15, -0.1) is 0 Å². The van der Waals surface area contributed by atoms with Crippen LogP contribution in [0.15, 0.2) is 53.6 Å². The van der Waals surface area contributed by atoms with Gasteiger partial charge in [0.05, 0.1) is 20.6 Å². The number of ether oxygens (including phenoxy) is 2. The first-order valence-corrected chi connectivity index (χ1v) is 9.59. The molecule has 31 heavy (non-hydrogen) atoms. The van der Waals surface area contributed by atoms with E-state index < -0.39 is 11.8 Å². The Bertz CT molecular complexity index is 941. The molecule has 3 N–H and O–H groups in total. The van der Waals surface area contributed by atoms with E-state index in [1.807, 2.05) is 24.3 Å². The Hall–Kier alpha value is -3.88. The third-order valence-electron chi connectivity index (χ3n) is 4.19. The van der Waals surface area contributed by atoms with Gasteiger partial charge in [0.2, 0.25) is 5.91 Å². The molecule has 0 aliphatic heterocycles. The van der Waals surface area contributed by atoms with E-state index in [0.717, 1.165) is 11.3 Å². The standard InChI is InChI=1S/C22H26N4O5/c1-15(13-20(27)23-12-11-16-7-9-18(30-2)10-8-16)25-26-22(29)21(28)24-17-5-4-6-19(14-17)31-3/h4-10,14H,11-13H2,1-3H3,(H,23,27)(H,24,28)(H,26,29)/b25-15-. The molecule has 2 rings (SSSR count). The number of nitrogens with zero attached hydrogens (tertiary/aromatic N) is 1. The average molecular weight is 426 g/mol. The molecule has 0 aliphatic carbocycles. The minimum atomic E-state index is -0.943. The molecule has 0 spiro atoms. The molecule has 0 atom stereocenters. The molecular formula is C22H26N4O5. The molecule has 0 aliphatic rings. The van der Waals surface area contributed by atoms with Crippen molar-refractivity contribution in [2.24, 2.45) is 5.10 Å². The van der Waals surface area contributed by atoms with Gasteiger partial charge in [-0.3, -0.25) is 14.4 Å². The highest BCUT2D eigenvalue weighted by Gasteiger charge is 2.14. The molecule has 2 aromatic rings. The van der Waals surface area contributed by atoms with Crippen LogP contribution in [-0.2, 0) is 20.8 Å². The highest BCUT2D eigenvalue weighted by Crippen LogP contribution is 2.16. The Morgan fingerprint density at radius 1 is 0.935 bits per heavy atom. The van der Waals surface area contributed by atoms with Crippen LogP contribution in [0.5, 0.6) is 11.5 Å². The Kier molecular flexibility index (Phi) is 9.03. The second-order valence-electron chi connectivity index (χ2n) is 6.60. The summed E-state index contributed by atoms with van der Waals surface area (Å²) in [5.41, 5.74) is 3.99. The molecule has 9 heteroatoms. The predicted octanol–water partition coefficient (Wildman–Crippen LogP) is 1.88. The maximum absolute atomic E-state index is 12.0. The summed E-state index contributed by atoms with van der Waals surface area (Å²) in [6.07, 6.45) is 0.674. The number of methoxy groups -OCH3 is 2. The number of anilines is 1. The molecule has 3 amide bonds. The number of carbonyl (C=O) groups excluding carboxylic acids is 3. The Morgan fingerprint density at radius 3 is 2.32 bits per heavy atom. The molecule has 2 aromatic carbocycles. The van der Waals surface area contributed by atoms with Crippen LogP contribution in [0.25, 0.3) is 0 Å². The number of rotatable bonds is 9. The summed E-state index contributed by atoms with van der Waals surface area (Å²) in [6.45, 7) is 2.05.